The van der Waals surface area contributed by atoms with Crippen molar-refractivity contribution in [2.45, 2.75) is 33.1 Å². The van der Waals surface area contributed by atoms with Gasteiger partial charge in [-0.05, 0) is 25.2 Å². The number of hydrogen-bond acceptors (Lipinski definition) is 0. The Morgan fingerprint density at radius 2 is 2.00 bits per heavy atom. The second-order valence-corrected chi connectivity index (χ2v) is 4.33. The summed E-state index contributed by atoms with van der Waals surface area (Å²) in [6.07, 6.45) is 13.1. The molecule has 0 saturated carbocycles. The van der Waals surface area contributed by atoms with Gasteiger partial charge in [0.25, 0.3) is 0 Å². The summed E-state index contributed by atoms with van der Waals surface area (Å²) in [6, 6.07) is 0. The van der Waals surface area contributed by atoms with Gasteiger partial charge in [-0.3, -0.25) is 0 Å². The first-order chi connectivity index (χ1) is 6.29. The van der Waals surface area contributed by atoms with Crippen molar-refractivity contribution in [2.75, 3.05) is 0 Å². The van der Waals surface area contributed by atoms with E-state index in [1.165, 1.54) is 19.3 Å². The highest BCUT2D eigenvalue weighted by Gasteiger charge is 2.20. The van der Waals surface area contributed by atoms with E-state index in [4.69, 9.17) is 0 Å². The molecule has 0 saturated heterocycles. The fourth-order valence-electron chi connectivity index (χ4n) is 2.40. The van der Waals surface area contributed by atoms with Gasteiger partial charge >= 0.3 is 0 Å². The van der Waals surface area contributed by atoms with Crippen molar-refractivity contribution in [2.24, 2.45) is 11.8 Å². The van der Waals surface area contributed by atoms with Crippen LogP contribution < -0.4 is 0 Å². The molecule has 0 bridgehead atoms. The summed E-state index contributed by atoms with van der Waals surface area (Å²) in [5.41, 5.74) is 3.40. The first kappa shape index (κ1) is 8.80. The third-order valence-corrected chi connectivity index (χ3v) is 3.12. The lowest BCUT2D eigenvalue weighted by Gasteiger charge is -2.27. The van der Waals surface area contributed by atoms with E-state index in [1.807, 2.05) is 0 Å². The molecule has 0 radical (unpaired) electrons. The Morgan fingerprint density at radius 1 is 1.23 bits per heavy atom. The van der Waals surface area contributed by atoms with E-state index in [9.17, 15) is 0 Å². The molecule has 0 aromatic heterocycles. The van der Waals surface area contributed by atoms with Gasteiger partial charge in [0.15, 0.2) is 0 Å². The van der Waals surface area contributed by atoms with Crippen LogP contribution in [0.3, 0.4) is 0 Å². The average Bonchev–Trinajstić information content (AvgIpc) is 2.17. The largest absolute Gasteiger partial charge is 0.0873 e. The van der Waals surface area contributed by atoms with Gasteiger partial charge in [0.1, 0.15) is 0 Å². The van der Waals surface area contributed by atoms with E-state index in [0.717, 1.165) is 5.92 Å². The second-order valence-electron chi connectivity index (χ2n) is 4.33. The molecule has 70 valence electrons. The molecule has 0 heteroatoms. The highest BCUT2D eigenvalue weighted by Crippen LogP contribution is 2.35. The van der Waals surface area contributed by atoms with Crippen LogP contribution in [0.4, 0.5) is 0 Å². The Kier molecular flexibility index (Phi) is 2.39. The fourth-order valence-corrected chi connectivity index (χ4v) is 2.40. The molecule has 2 aliphatic carbocycles. The smallest absolute Gasteiger partial charge is 0.0160 e. The molecule has 1 atom stereocenters. The minimum atomic E-state index is 0.639. The first-order valence-electron chi connectivity index (χ1n) is 5.34. The quantitative estimate of drug-likeness (QED) is 0.529. The van der Waals surface area contributed by atoms with Crippen LogP contribution in [-0.4, -0.2) is 0 Å². The van der Waals surface area contributed by atoms with Gasteiger partial charge in [0.05, 0.1) is 0 Å². The predicted octanol–water partition coefficient (Wildman–Crippen LogP) is 3.87. The van der Waals surface area contributed by atoms with Crippen molar-refractivity contribution in [3.8, 4) is 0 Å². The Labute approximate surface area is 81.0 Å². The van der Waals surface area contributed by atoms with Crippen LogP contribution in [-0.2, 0) is 0 Å². The molecule has 0 N–H and O–H groups in total. The normalized spacial score (nSPS) is 26.8. The Morgan fingerprint density at radius 3 is 2.77 bits per heavy atom. The lowest BCUT2D eigenvalue weighted by molar-refractivity contribution is 0.667. The van der Waals surface area contributed by atoms with Gasteiger partial charge in [0, 0.05) is 5.92 Å². The second kappa shape index (κ2) is 3.53. The van der Waals surface area contributed by atoms with Gasteiger partial charge < -0.3 is 0 Å². The van der Waals surface area contributed by atoms with Gasteiger partial charge in [-0.15, -0.1) is 0 Å². The summed E-state index contributed by atoms with van der Waals surface area (Å²) in [7, 11) is 0. The lowest BCUT2D eigenvalue weighted by atomic mass is 9.78. The predicted molar refractivity (Wildman–Crippen MR) is 57.5 cm³/mol. The molecule has 0 spiro atoms. The third-order valence-electron chi connectivity index (χ3n) is 3.12. The molecule has 13 heavy (non-hydrogen) atoms. The van der Waals surface area contributed by atoms with Crippen molar-refractivity contribution < 1.29 is 0 Å². The highest BCUT2D eigenvalue weighted by molar-refractivity contribution is 5.34. The summed E-state index contributed by atoms with van der Waals surface area (Å²) in [5.74, 6) is 1.37. The van der Waals surface area contributed by atoms with Crippen molar-refractivity contribution in [1.82, 2.24) is 0 Å². The van der Waals surface area contributed by atoms with Crippen LogP contribution in [0.15, 0.2) is 35.5 Å². The van der Waals surface area contributed by atoms with Gasteiger partial charge in [-0.1, -0.05) is 49.3 Å². The molecule has 2 aliphatic rings. The molecule has 0 aromatic rings. The van der Waals surface area contributed by atoms with Crippen LogP contribution in [0, 0.1) is 11.8 Å². The van der Waals surface area contributed by atoms with Crippen LogP contribution in [0.5, 0.6) is 0 Å². The molecule has 2 rings (SSSR count). The zero-order valence-corrected chi connectivity index (χ0v) is 8.59. The molecular formula is C13H18. The van der Waals surface area contributed by atoms with Crippen molar-refractivity contribution >= 4 is 0 Å². The van der Waals surface area contributed by atoms with Crippen molar-refractivity contribution in [3.05, 3.63) is 35.5 Å². The van der Waals surface area contributed by atoms with E-state index >= 15 is 0 Å². The van der Waals surface area contributed by atoms with Gasteiger partial charge in [-0.2, -0.15) is 0 Å². The molecule has 1 unspecified atom stereocenters. The third kappa shape index (κ3) is 1.63. The number of rotatable bonds is 1. The van der Waals surface area contributed by atoms with E-state index in [-0.39, 0.29) is 0 Å². The van der Waals surface area contributed by atoms with Crippen LogP contribution in [0.2, 0.25) is 0 Å². The van der Waals surface area contributed by atoms with Gasteiger partial charge in [-0.25, -0.2) is 0 Å². The zero-order chi connectivity index (χ0) is 9.26. The van der Waals surface area contributed by atoms with E-state index < -0.39 is 0 Å². The number of allylic oxidation sites excluding steroid dienone is 6. The SMILES string of the molecule is CC(C)C1=C2CCC=CC2C=CC1. The maximum Gasteiger partial charge on any atom is 0.0160 e. The molecule has 0 heterocycles. The summed E-state index contributed by atoms with van der Waals surface area (Å²) < 4.78 is 0. The Bertz CT molecular complexity index is 276. The summed E-state index contributed by atoms with van der Waals surface area (Å²) in [5, 5.41) is 0. The summed E-state index contributed by atoms with van der Waals surface area (Å²) >= 11 is 0. The average molecular weight is 174 g/mol. The van der Waals surface area contributed by atoms with E-state index in [2.05, 4.69) is 38.2 Å². The topological polar surface area (TPSA) is 0 Å². The fraction of sp³-hybridized carbons (Fsp3) is 0.538. The minimum Gasteiger partial charge on any atom is -0.0873 e. The molecule has 0 fully saturated rings. The zero-order valence-electron chi connectivity index (χ0n) is 8.59. The summed E-state index contributed by atoms with van der Waals surface area (Å²) in [6.45, 7) is 4.63. The molecule has 0 amide bonds. The van der Waals surface area contributed by atoms with Crippen molar-refractivity contribution in [1.29, 1.82) is 0 Å². The van der Waals surface area contributed by atoms with E-state index in [0.29, 0.717) is 5.92 Å². The van der Waals surface area contributed by atoms with Crippen LogP contribution in [0.25, 0.3) is 0 Å². The molecule has 0 nitrogen and oxygen atoms in total. The van der Waals surface area contributed by atoms with Crippen LogP contribution in [0.1, 0.15) is 33.1 Å². The maximum atomic E-state index is 2.36. The maximum absolute atomic E-state index is 2.36. The Balaban J connectivity index is 2.33. The monoisotopic (exact) mass is 174 g/mol. The van der Waals surface area contributed by atoms with E-state index in [1.54, 1.807) is 11.1 Å². The summed E-state index contributed by atoms with van der Waals surface area (Å²) in [4.78, 5) is 0. The Hall–Kier alpha value is -0.780. The molecular weight excluding hydrogens is 156 g/mol. The highest BCUT2D eigenvalue weighted by atomic mass is 14.2. The lowest BCUT2D eigenvalue weighted by Crippen LogP contribution is -2.12. The molecule has 0 aromatic carbocycles. The number of fused-ring (bicyclic) bond motifs is 1. The standard InChI is InChI=1S/C13H18/c1-10(2)12-9-5-7-11-6-3-4-8-13(11)12/h3,5-7,10-11H,4,8-9H2,1-2H3. The van der Waals surface area contributed by atoms with Gasteiger partial charge in [0.2, 0.25) is 0 Å². The molecule has 0 aliphatic heterocycles. The van der Waals surface area contributed by atoms with Crippen LogP contribution >= 0.6 is 0 Å². The van der Waals surface area contributed by atoms with Crippen molar-refractivity contribution in [3.63, 3.8) is 0 Å². The number of hydrogen-bond donors (Lipinski definition) is 0. The minimum absolute atomic E-state index is 0.639. The first-order valence-corrected chi connectivity index (χ1v) is 5.34.